The molecule has 0 bridgehead atoms. The van der Waals surface area contributed by atoms with Crippen LogP contribution < -0.4 is 9.62 Å². The van der Waals surface area contributed by atoms with E-state index in [1.807, 2.05) is 50.2 Å². The average molecular weight is 417 g/mol. The highest BCUT2D eigenvalue weighted by molar-refractivity contribution is 7.92. The molecule has 0 heterocycles. The molecule has 2 rings (SSSR count). The summed E-state index contributed by atoms with van der Waals surface area (Å²) < 4.78 is 26.5. The van der Waals surface area contributed by atoms with Gasteiger partial charge in [0.25, 0.3) is 0 Å². The Bertz CT molecular complexity index is 911. The number of aryl methyl sites for hydroxylation is 1. The summed E-state index contributed by atoms with van der Waals surface area (Å²) in [5, 5.41) is 3.11. The molecule has 6 heteroatoms. The smallest absolute Gasteiger partial charge is 0.244 e. The molecular weight excluding hydrogens is 384 g/mol. The average Bonchev–Trinajstić information content (AvgIpc) is 2.64. The van der Waals surface area contributed by atoms with Gasteiger partial charge in [-0.2, -0.15) is 0 Å². The molecule has 1 N–H and O–H groups in total. The van der Waals surface area contributed by atoms with Crippen LogP contribution in [0, 0.1) is 12.8 Å². The molecule has 29 heavy (non-hydrogen) atoms. The molecule has 0 aliphatic rings. The number of carbonyl (C=O) groups is 1. The summed E-state index contributed by atoms with van der Waals surface area (Å²) in [5.74, 6) is 0.0947. The standard InChI is InChI=1S/C23H32N2O3S/c1-6-22(25(29(5,27)28)20-14-10-11-18(4)16-20)23(26)24-21(15-17(2)3)19-12-8-7-9-13-19/h7-14,16-17,21-22H,6,15H2,1-5H3,(H,24,26). The molecule has 0 aromatic heterocycles. The van der Waals surface area contributed by atoms with Gasteiger partial charge in [0.1, 0.15) is 6.04 Å². The van der Waals surface area contributed by atoms with Crippen molar-refractivity contribution in [3.8, 4) is 0 Å². The van der Waals surface area contributed by atoms with Crippen LogP contribution in [-0.2, 0) is 14.8 Å². The van der Waals surface area contributed by atoms with Crippen molar-refractivity contribution in [2.45, 2.75) is 52.6 Å². The number of nitrogens with one attached hydrogen (secondary N) is 1. The summed E-state index contributed by atoms with van der Waals surface area (Å²) in [6.07, 6.45) is 2.29. The summed E-state index contributed by atoms with van der Waals surface area (Å²) >= 11 is 0. The molecular formula is C23H32N2O3S. The molecule has 0 saturated carbocycles. The highest BCUT2D eigenvalue weighted by Crippen LogP contribution is 2.26. The molecule has 0 spiro atoms. The van der Waals surface area contributed by atoms with Crippen molar-refractivity contribution in [3.63, 3.8) is 0 Å². The molecule has 1 amide bonds. The molecule has 158 valence electrons. The van der Waals surface area contributed by atoms with Crippen LogP contribution in [0.4, 0.5) is 5.69 Å². The van der Waals surface area contributed by atoms with Crippen LogP contribution >= 0.6 is 0 Å². The summed E-state index contributed by atoms with van der Waals surface area (Å²) in [6, 6.07) is 16.1. The van der Waals surface area contributed by atoms with E-state index in [0.29, 0.717) is 18.0 Å². The Balaban J connectivity index is 2.37. The minimum absolute atomic E-state index is 0.170. The molecule has 0 aliphatic carbocycles. The van der Waals surface area contributed by atoms with E-state index >= 15 is 0 Å². The maximum atomic E-state index is 13.3. The first-order valence-corrected chi connectivity index (χ1v) is 11.9. The number of hydrogen-bond acceptors (Lipinski definition) is 3. The van der Waals surface area contributed by atoms with E-state index < -0.39 is 16.1 Å². The van der Waals surface area contributed by atoms with Crippen LogP contribution in [0.15, 0.2) is 54.6 Å². The van der Waals surface area contributed by atoms with E-state index in [1.165, 1.54) is 4.31 Å². The van der Waals surface area contributed by atoms with Gasteiger partial charge in [-0.25, -0.2) is 8.42 Å². The molecule has 2 atom stereocenters. The van der Waals surface area contributed by atoms with Crippen molar-refractivity contribution in [1.29, 1.82) is 0 Å². The van der Waals surface area contributed by atoms with Crippen LogP contribution in [0.5, 0.6) is 0 Å². The Morgan fingerprint density at radius 3 is 2.24 bits per heavy atom. The van der Waals surface area contributed by atoms with E-state index in [2.05, 4.69) is 19.2 Å². The highest BCUT2D eigenvalue weighted by Gasteiger charge is 2.32. The van der Waals surface area contributed by atoms with Gasteiger partial charge in [-0.1, -0.05) is 63.2 Å². The number of anilines is 1. The number of carbonyl (C=O) groups excluding carboxylic acids is 1. The van der Waals surface area contributed by atoms with E-state index in [9.17, 15) is 13.2 Å². The lowest BCUT2D eigenvalue weighted by atomic mass is 9.96. The topological polar surface area (TPSA) is 66.5 Å². The number of amides is 1. The van der Waals surface area contributed by atoms with Gasteiger partial charge in [0, 0.05) is 0 Å². The second kappa shape index (κ2) is 9.92. The Morgan fingerprint density at radius 2 is 1.72 bits per heavy atom. The number of benzene rings is 2. The van der Waals surface area contributed by atoms with Crippen molar-refractivity contribution in [3.05, 3.63) is 65.7 Å². The van der Waals surface area contributed by atoms with E-state index in [-0.39, 0.29) is 11.9 Å². The van der Waals surface area contributed by atoms with Gasteiger partial charge >= 0.3 is 0 Å². The molecule has 2 aromatic rings. The van der Waals surface area contributed by atoms with Crippen molar-refractivity contribution in [1.82, 2.24) is 5.32 Å². The zero-order chi connectivity index (χ0) is 21.6. The number of rotatable bonds is 9. The normalized spacial score (nSPS) is 13.7. The van der Waals surface area contributed by atoms with Crippen molar-refractivity contribution in [2.24, 2.45) is 5.92 Å². The first kappa shape index (κ1) is 22.9. The van der Waals surface area contributed by atoms with E-state index in [0.717, 1.165) is 23.8 Å². The summed E-state index contributed by atoms with van der Waals surface area (Å²) in [4.78, 5) is 13.3. The zero-order valence-corrected chi connectivity index (χ0v) is 18.7. The monoisotopic (exact) mass is 416 g/mol. The van der Waals surface area contributed by atoms with Gasteiger partial charge in [0.15, 0.2) is 0 Å². The molecule has 2 unspecified atom stereocenters. The molecule has 2 aromatic carbocycles. The van der Waals surface area contributed by atoms with Gasteiger partial charge < -0.3 is 5.32 Å². The van der Waals surface area contributed by atoms with E-state index in [1.54, 1.807) is 18.2 Å². The molecule has 0 saturated heterocycles. The maximum absolute atomic E-state index is 13.3. The van der Waals surface area contributed by atoms with Crippen molar-refractivity contribution in [2.75, 3.05) is 10.6 Å². The predicted octanol–water partition coefficient (Wildman–Crippen LogP) is 4.44. The summed E-state index contributed by atoms with van der Waals surface area (Å²) in [7, 11) is -3.64. The van der Waals surface area contributed by atoms with Gasteiger partial charge in [0.05, 0.1) is 18.0 Å². The number of hydrogen-bond donors (Lipinski definition) is 1. The van der Waals surface area contributed by atoms with Crippen molar-refractivity contribution < 1.29 is 13.2 Å². The van der Waals surface area contributed by atoms with Crippen LogP contribution in [0.25, 0.3) is 0 Å². The van der Waals surface area contributed by atoms with Gasteiger partial charge in [0.2, 0.25) is 15.9 Å². The fourth-order valence-corrected chi connectivity index (χ4v) is 4.73. The van der Waals surface area contributed by atoms with Crippen LogP contribution in [-0.4, -0.2) is 26.6 Å². The minimum atomic E-state index is -3.64. The van der Waals surface area contributed by atoms with Crippen LogP contribution in [0.1, 0.15) is 50.8 Å². The van der Waals surface area contributed by atoms with E-state index in [4.69, 9.17) is 0 Å². The summed E-state index contributed by atoms with van der Waals surface area (Å²) in [6.45, 7) is 7.95. The first-order valence-electron chi connectivity index (χ1n) is 10.0. The number of sulfonamides is 1. The minimum Gasteiger partial charge on any atom is -0.347 e. The van der Waals surface area contributed by atoms with Crippen molar-refractivity contribution >= 4 is 21.6 Å². The van der Waals surface area contributed by atoms with Gasteiger partial charge in [-0.15, -0.1) is 0 Å². The quantitative estimate of drug-likeness (QED) is 0.657. The third-order valence-electron chi connectivity index (χ3n) is 4.81. The SMILES string of the molecule is CCC(C(=O)NC(CC(C)C)c1ccccc1)N(c1cccc(C)c1)S(C)(=O)=O. The molecule has 0 radical (unpaired) electrons. The second-order valence-electron chi connectivity index (χ2n) is 7.92. The lowest BCUT2D eigenvalue weighted by molar-refractivity contribution is -0.123. The Kier molecular flexibility index (Phi) is 7.85. The fraction of sp³-hybridized carbons (Fsp3) is 0.435. The number of nitrogens with zero attached hydrogens (tertiary/aromatic N) is 1. The fourth-order valence-electron chi connectivity index (χ4n) is 3.53. The highest BCUT2D eigenvalue weighted by atomic mass is 32.2. The molecule has 0 aliphatic heterocycles. The third-order valence-corrected chi connectivity index (χ3v) is 5.99. The van der Waals surface area contributed by atoms with Gasteiger partial charge in [-0.05, 0) is 48.9 Å². The lowest BCUT2D eigenvalue weighted by Crippen LogP contribution is -2.50. The third kappa shape index (κ3) is 6.32. The van der Waals surface area contributed by atoms with Gasteiger partial charge in [-0.3, -0.25) is 9.10 Å². The zero-order valence-electron chi connectivity index (χ0n) is 17.9. The predicted molar refractivity (Wildman–Crippen MR) is 119 cm³/mol. The molecule has 5 nitrogen and oxygen atoms in total. The Hall–Kier alpha value is -2.34. The second-order valence-corrected chi connectivity index (χ2v) is 9.78. The molecule has 0 fully saturated rings. The Morgan fingerprint density at radius 1 is 1.07 bits per heavy atom. The Labute approximate surface area is 175 Å². The van der Waals surface area contributed by atoms with Crippen LogP contribution in [0.3, 0.4) is 0 Å². The summed E-state index contributed by atoms with van der Waals surface area (Å²) in [5.41, 5.74) is 2.47. The van der Waals surface area contributed by atoms with Crippen LogP contribution in [0.2, 0.25) is 0 Å². The first-order chi connectivity index (χ1) is 13.6. The maximum Gasteiger partial charge on any atom is 0.244 e. The lowest BCUT2D eigenvalue weighted by Gasteiger charge is -2.32. The largest absolute Gasteiger partial charge is 0.347 e.